The number of aliphatic carboxylic acids is 1. The lowest BCUT2D eigenvalue weighted by Gasteiger charge is -2.35. The summed E-state index contributed by atoms with van der Waals surface area (Å²) in [6.45, 7) is 8.96. The second kappa shape index (κ2) is 5.07. The van der Waals surface area contributed by atoms with Gasteiger partial charge in [0.25, 0.3) is 0 Å². The highest BCUT2D eigenvalue weighted by Gasteiger charge is 2.40. The van der Waals surface area contributed by atoms with Crippen molar-refractivity contribution in [3.05, 3.63) is 0 Å². The number of piperidine rings is 1. The van der Waals surface area contributed by atoms with E-state index >= 15 is 0 Å². The van der Waals surface area contributed by atoms with Gasteiger partial charge >= 0.3 is 5.97 Å². The monoisotopic (exact) mass is 241 g/mol. The number of hydrogen-bond acceptors (Lipinski definition) is 2. The highest BCUT2D eigenvalue weighted by atomic mass is 16.4. The molecule has 1 amide bonds. The lowest BCUT2D eigenvalue weighted by Crippen LogP contribution is -2.47. The molecule has 1 N–H and O–H groups in total. The SMILES string of the molecule is CC1CCN(C(=O)C(C(=O)O)C(C)(C)C)CC1. The maximum Gasteiger partial charge on any atom is 0.316 e. The first kappa shape index (κ1) is 14.0. The Morgan fingerprint density at radius 1 is 1.24 bits per heavy atom. The molecule has 0 aliphatic carbocycles. The summed E-state index contributed by atoms with van der Waals surface area (Å²) >= 11 is 0. The zero-order valence-electron chi connectivity index (χ0n) is 11.2. The third-order valence-electron chi connectivity index (χ3n) is 3.46. The number of nitrogens with zero attached hydrogens (tertiary/aromatic N) is 1. The summed E-state index contributed by atoms with van der Waals surface area (Å²) < 4.78 is 0. The van der Waals surface area contributed by atoms with Gasteiger partial charge in [-0.15, -0.1) is 0 Å². The maximum atomic E-state index is 12.2. The second-order valence-corrected chi connectivity index (χ2v) is 6.15. The lowest BCUT2D eigenvalue weighted by atomic mass is 9.79. The van der Waals surface area contributed by atoms with E-state index in [1.807, 2.05) is 0 Å². The van der Waals surface area contributed by atoms with Crippen molar-refractivity contribution in [2.45, 2.75) is 40.5 Å². The number of likely N-dealkylation sites (tertiary alicyclic amines) is 1. The molecule has 1 heterocycles. The molecule has 1 atom stereocenters. The number of amides is 1. The van der Waals surface area contributed by atoms with Crippen LogP contribution in [0.1, 0.15) is 40.5 Å². The fourth-order valence-corrected chi connectivity index (χ4v) is 2.26. The number of carbonyl (C=O) groups is 2. The topological polar surface area (TPSA) is 57.6 Å². The molecule has 0 spiro atoms. The second-order valence-electron chi connectivity index (χ2n) is 6.15. The Hall–Kier alpha value is -1.06. The molecule has 0 aromatic heterocycles. The Balaban J connectivity index is 2.76. The molecule has 1 unspecified atom stereocenters. The van der Waals surface area contributed by atoms with Gasteiger partial charge in [0.05, 0.1) is 0 Å². The molecule has 1 saturated heterocycles. The smallest absolute Gasteiger partial charge is 0.316 e. The first-order valence-corrected chi connectivity index (χ1v) is 6.25. The molecule has 17 heavy (non-hydrogen) atoms. The van der Waals surface area contributed by atoms with E-state index in [1.165, 1.54) is 0 Å². The average Bonchev–Trinajstić information content (AvgIpc) is 2.15. The standard InChI is InChI=1S/C13H23NO3/c1-9-5-7-14(8-6-9)11(15)10(12(16)17)13(2,3)4/h9-10H,5-8H2,1-4H3,(H,16,17). The number of carboxylic acids is 1. The molecular weight excluding hydrogens is 218 g/mol. The fraction of sp³-hybridized carbons (Fsp3) is 0.846. The number of hydrogen-bond donors (Lipinski definition) is 1. The van der Waals surface area contributed by atoms with Crippen molar-refractivity contribution < 1.29 is 14.7 Å². The average molecular weight is 241 g/mol. The summed E-state index contributed by atoms with van der Waals surface area (Å²) in [5.74, 6) is -1.54. The number of carbonyl (C=O) groups excluding carboxylic acids is 1. The largest absolute Gasteiger partial charge is 0.481 e. The molecule has 1 aliphatic heterocycles. The van der Waals surface area contributed by atoms with Crippen molar-refractivity contribution in [2.75, 3.05) is 13.1 Å². The van der Waals surface area contributed by atoms with Crippen LogP contribution in [-0.2, 0) is 9.59 Å². The summed E-state index contributed by atoms with van der Waals surface area (Å²) in [5, 5.41) is 9.21. The van der Waals surface area contributed by atoms with Crippen LogP contribution in [0.3, 0.4) is 0 Å². The lowest BCUT2D eigenvalue weighted by molar-refractivity contribution is -0.156. The minimum Gasteiger partial charge on any atom is -0.481 e. The van der Waals surface area contributed by atoms with E-state index in [2.05, 4.69) is 6.92 Å². The van der Waals surface area contributed by atoms with E-state index in [4.69, 9.17) is 0 Å². The quantitative estimate of drug-likeness (QED) is 0.752. The van der Waals surface area contributed by atoms with Crippen molar-refractivity contribution in [3.8, 4) is 0 Å². The highest BCUT2D eigenvalue weighted by Crippen LogP contribution is 2.29. The van der Waals surface area contributed by atoms with Crippen LogP contribution in [0.25, 0.3) is 0 Å². The van der Waals surface area contributed by atoms with Gasteiger partial charge in [-0.3, -0.25) is 9.59 Å². The molecule has 1 aliphatic rings. The summed E-state index contributed by atoms with van der Waals surface area (Å²) in [6, 6.07) is 0. The summed E-state index contributed by atoms with van der Waals surface area (Å²) in [7, 11) is 0. The fourth-order valence-electron chi connectivity index (χ4n) is 2.26. The first-order valence-electron chi connectivity index (χ1n) is 6.25. The zero-order chi connectivity index (χ0) is 13.2. The van der Waals surface area contributed by atoms with E-state index < -0.39 is 17.3 Å². The Kier molecular flexibility index (Phi) is 4.17. The summed E-state index contributed by atoms with van der Waals surface area (Å²) in [5.41, 5.74) is -0.536. The van der Waals surface area contributed by atoms with E-state index in [9.17, 15) is 14.7 Å². The van der Waals surface area contributed by atoms with Crippen LogP contribution >= 0.6 is 0 Å². The van der Waals surface area contributed by atoms with Crippen LogP contribution in [0.2, 0.25) is 0 Å². The first-order chi connectivity index (χ1) is 7.73. The van der Waals surface area contributed by atoms with Crippen molar-refractivity contribution in [3.63, 3.8) is 0 Å². The molecule has 4 nitrogen and oxygen atoms in total. The molecule has 0 aromatic rings. The van der Waals surface area contributed by atoms with Gasteiger partial charge in [0.15, 0.2) is 0 Å². The van der Waals surface area contributed by atoms with Crippen LogP contribution in [0.5, 0.6) is 0 Å². The molecule has 98 valence electrons. The van der Waals surface area contributed by atoms with Crippen molar-refractivity contribution in [1.29, 1.82) is 0 Å². The zero-order valence-corrected chi connectivity index (χ0v) is 11.2. The van der Waals surface area contributed by atoms with E-state index in [0.29, 0.717) is 19.0 Å². The summed E-state index contributed by atoms with van der Waals surface area (Å²) in [6.07, 6.45) is 1.95. The van der Waals surface area contributed by atoms with E-state index in [1.54, 1.807) is 25.7 Å². The Bertz CT molecular complexity index is 298. The van der Waals surface area contributed by atoms with Crippen LogP contribution in [0.4, 0.5) is 0 Å². The third-order valence-corrected chi connectivity index (χ3v) is 3.46. The van der Waals surface area contributed by atoms with Gasteiger partial charge in [0, 0.05) is 13.1 Å². The molecule has 0 aromatic carbocycles. The third kappa shape index (κ3) is 3.45. The van der Waals surface area contributed by atoms with Crippen LogP contribution < -0.4 is 0 Å². The molecule has 1 rings (SSSR count). The van der Waals surface area contributed by atoms with Crippen LogP contribution in [0, 0.1) is 17.3 Å². The summed E-state index contributed by atoms with van der Waals surface area (Å²) in [4.78, 5) is 25.2. The van der Waals surface area contributed by atoms with Crippen LogP contribution in [-0.4, -0.2) is 35.0 Å². The maximum absolute atomic E-state index is 12.2. The van der Waals surface area contributed by atoms with Gasteiger partial charge in [0.2, 0.25) is 5.91 Å². The van der Waals surface area contributed by atoms with Crippen molar-refractivity contribution in [2.24, 2.45) is 17.3 Å². The van der Waals surface area contributed by atoms with Gasteiger partial charge in [-0.05, 0) is 24.2 Å². The van der Waals surface area contributed by atoms with Crippen molar-refractivity contribution >= 4 is 11.9 Å². The normalized spacial score (nSPS) is 20.1. The predicted molar refractivity (Wildman–Crippen MR) is 65.6 cm³/mol. The van der Waals surface area contributed by atoms with Gasteiger partial charge in [-0.25, -0.2) is 0 Å². The molecular formula is C13H23NO3. The molecule has 1 fully saturated rings. The molecule has 4 heteroatoms. The number of carboxylic acid groups (broad SMARTS) is 1. The molecule has 0 radical (unpaired) electrons. The van der Waals surface area contributed by atoms with Crippen LogP contribution in [0.15, 0.2) is 0 Å². The van der Waals surface area contributed by atoms with Gasteiger partial charge in [-0.2, -0.15) is 0 Å². The van der Waals surface area contributed by atoms with Gasteiger partial charge < -0.3 is 10.0 Å². The van der Waals surface area contributed by atoms with Gasteiger partial charge in [-0.1, -0.05) is 27.7 Å². The minimum atomic E-state index is -1.01. The Labute approximate surface area is 103 Å². The Morgan fingerprint density at radius 3 is 2.06 bits per heavy atom. The van der Waals surface area contributed by atoms with E-state index in [-0.39, 0.29) is 5.91 Å². The molecule has 0 saturated carbocycles. The van der Waals surface area contributed by atoms with Crippen molar-refractivity contribution in [1.82, 2.24) is 4.90 Å². The number of rotatable bonds is 2. The predicted octanol–water partition coefficient (Wildman–Crippen LogP) is 1.99. The van der Waals surface area contributed by atoms with E-state index in [0.717, 1.165) is 12.8 Å². The molecule has 0 bridgehead atoms. The van der Waals surface area contributed by atoms with Gasteiger partial charge in [0.1, 0.15) is 5.92 Å². The minimum absolute atomic E-state index is 0.225. The Morgan fingerprint density at radius 2 is 1.71 bits per heavy atom. The highest BCUT2D eigenvalue weighted by molar-refractivity contribution is 5.97.